The molecule has 1 aliphatic rings. The molecule has 0 fully saturated rings. The van der Waals surface area contributed by atoms with Crippen LogP contribution in [-0.4, -0.2) is 46.6 Å². The summed E-state index contributed by atoms with van der Waals surface area (Å²) in [5.74, 6) is 0.0806. The third-order valence-electron chi connectivity index (χ3n) is 5.31. The Balaban J connectivity index is 0.00000210. The molecular weight excluding hydrogens is 360 g/mol. The number of aromatic nitrogens is 2. The Hall–Kier alpha value is -2.37. The van der Waals surface area contributed by atoms with Crippen molar-refractivity contribution in [1.82, 2.24) is 14.7 Å². The number of likely N-dealkylation sites (N-methyl/N-ethyl adjacent to an activating group) is 1. The fraction of sp³-hybridized carbons (Fsp3) is 0.333. The second-order valence-corrected chi connectivity index (χ2v) is 6.68. The van der Waals surface area contributed by atoms with Gasteiger partial charge in [-0.15, -0.1) is 12.4 Å². The number of aryl methyl sites for hydroxylation is 1. The van der Waals surface area contributed by atoms with E-state index in [2.05, 4.69) is 30.1 Å². The van der Waals surface area contributed by atoms with Gasteiger partial charge in [0.2, 0.25) is 0 Å². The summed E-state index contributed by atoms with van der Waals surface area (Å²) in [7, 11) is 1.93. The normalized spacial score (nSPS) is 12.2. The maximum atomic E-state index is 13.2. The maximum absolute atomic E-state index is 13.2. The summed E-state index contributed by atoms with van der Waals surface area (Å²) in [5.41, 5.74) is 5.21. The van der Waals surface area contributed by atoms with Gasteiger partial charge in [0.1, 0.15) is 5.69 Å². The number of fused-ring (bicyclic) bond motifs is 2. The number of halogens is 1. The first-order valence-electron chi connectivity index (χ1n) is 9.25. The largest absolute Gasteiger partial charge is 0.383 e. The lowest BCUT2D eigenvalue weighted by atomic mass is 9.86. The second-order valence-electron chi connectivity index (χ2n) is 6.68. The fourth-order valence-electron chi connectivity index (χ4n) is 3.84. The Labute approximate surface area is 165 Å². The molecule has 5 nitrogen and oxygen atoms in total. The van der Waals surface area contributed by atoms with Crippen LogP contribution in [0, 0.1) is 0 Å². The summed E-state index contributed by atoms with van der Waals surface area (Å²) >= 11 is 0. The molecule has 2 aromatic carbocycles. The molecule has 1 aromatic heterocycles. The zero-order valence-electron chi connectivity index (χ0n) is 16.0. The van der Waals surface area contributed by atoms with Gasteiger partial charge in [-0.3, -0.25) is 9.48 Å². The van der Waals surface area contributed by atoms with Crippen molar-refractivity contribution in [2.24, 2.45) is 7.05 Å². The van der Waals surface area contributed by atoms with Gasteiger partial charge < -0.3 is 10.2 Å². The van der Waals surface area contributed by atoms with Crippen LogP contribution in [0.15, 0.2) is 36.4 Å². The minimum atomic E-state index is 0. The van der Waals surface area contributed by atoms with E-state index in [1.54, 1.807) is 0 Å². The van der Waals surface area contributed by atoms with Crippen molar-refractivity contribution in [3.8, 4) is 11.3 Å². The van der Waals surface area contributed by atoms with Gasteiger partial charge >= 0.3 is 0 Å². The summed E-state index contributed by atoms with van der Waals surface area (Å²) in [6.45, 7) is 8.16. The van der Waals surface area contributed by atoms with Gasteiger partial charge in [0.15, 0.2) is 5.78 Å². The van der Waals surface area contributed by atoms with E-state index in [4.69, 9.17) is 5.10 Å². The quantitative estimate of drug-likeness (QED) is 0.546. The molecule has 0 aliphatic heterocycles. The number of anilines is 1. The van der Waals surface area contributed by atoms with Gasteiger partial charge in [0.25, 0.3) is 0 Å². The van der Waals surface area contributed by atoms with Crippen molar-refractivity contribution < 1.29 is 4.79 Å². The van der Waals surface area contributed by atoms with Crippen molar-refractivity contribution in [2.45, 2.75) is 13.8 Å². The van der Waals surface area contributed by atoms with Gasteiger partial charge in [0, 0.05) is 42.3 Å². The molecule has 0 saturated heterocycles. The minimum Gasteiger partial charge on any atom is -0.383 e. The zero-order valence-corrected chi connectivity index (χ0v) is 16.8. The molecule has 0 bridgehead atoms. The van der Waals surface area contributed by atoms with Crippen molar-refractivity contribution >= 4 is 34.8 Å². The van der Waals surface area contributed by atoms with Gasteiger partial charge in [-0.1, -0.05) is 38.1 Å². The van der Waals surface area contributed by atoms with Crippen LogP contribution in [0.3, 0.4) is 0 Å². The molecule has 0 saturated carbocycles. The summed E-state index contributed by atoms with van der Waals surface area (Å²) in [6.07, 6.45) is 0. The van der Waals surface area contributed by atoms with Crippen LogP contribution in [0.5, 0.6) is 0 Å². The molecule has 0 unspecified atom stereocenters. The van der Waals surface area contributed by atoms with E-state index in [0.29, 0.717) is 0 Å². The maximum Gasteiger partial charge on any atom is 0.196 e. The fourth-order valence-corrected chi connectivity index (χ4v) is 3.84. The summed E-state index contributed by atoms with van der Waals surface area (Å²) in [5, 5.41) is 9.15. The van der Waals surface area contributed by atoms with Gasteiger partial charge in [-0.25, -0.2) is 0 Å². The molecule has 1 aliphatic carbocycles. The number of carbonyl (C=O) groups excluding carboxylic acids is 1. The number of carbonyl (C=O) groups is 1. The van der Waals surface area contributed by atoms with E-state index in [1.807, 2.05) is 42.1 Å². The van der Waals surface area contributed by atoms with Crippen LogP contribution >= 0.6 is 12.4 Å². The van der Waals surface area contributed by atoms with Gasteiger partial charge in [-0.2, -0.15) is 5.10 Å². The molecule has 0 amide bonds. The summed E-state index contributed by atoms with van der Waals surface area (Å²) in [4.78, 5) is 15.6. The zero-order chi connectivity index (χ0) is 18.3. The Bertz CT molecular complexity index is 991. The van der Waals surface area contributed by atoms with E-state index < -0.39 is 0 Å². The monoisotopic (exact) mass is 384 g/mol. The topological polar surface area (TPSA) is 50.2 Å². The molecule has 3 aromatic rings. The average Bonchev–Trinajstić information content (AvgIpc) is 3.01. The molecular formula is C21H25ClN4O. The number of nitrogens with one attached hydrogen (secondary N) is 1. The van der Waals surface area contributed by atoms with E-state index in [9.17, 15) is 4.79 Å². The van der Waals surface area contributed by atoms with Crippen LogP contribution in [0.25, 0.3) is 22.2 Å². The van der Waals surface area contributed by atoms with Crippen molar-refractivity contribution in [2.75, 3.05) is 31.5 Å². The van der Waals surface area contributed by atoms with Crippen molar-refractivity contribution in [3.05, 3.63) is 47.5 Å². The lowest BCUT2D eigenvalue weighted by molar-refractivity contribution is 0.104. The Kier molecular flexibility index (Phi) is 5.53. The Morgan fingerprint density at radius 2 is 1.78 bits per heavy atom. The molecule has 4 rings (SSSR count). The molecule has 0 radical (unpaired) electrons. The molecule has 1 N–H and O–H groups in total. The number of hydrogen-bond acceptors (Lipinski definition) is 4. The third-order valence-corrected chi connectivity index (χ3v) is 5.31. The summed E-state index contributed by atoms with van der Waals surface area (Å²) in [6, 6.07) is 11.8. The first-order valence-corrected chi connectivity index (χ1v) is 9.25. The highest BCUT2D eigenvalue weighted by Gasteiger charge is 2.30. The number of benzene rings is 2. The van der Waals surface area contributed by atoms with E-state index >= 15 is 0 Å². The highest BCUT2D eigenvalue weighted by Crippen LogP contribution is 2.41. The van der Waals surface area contributed by atoms with Gasteiger partial charge in [-0.05, 0) is 25.2 Å². The molecule has 0 spiro atoms. The third kappa shape index (κ3) is 3.11. The first-order chi connectivity index (χ1) is 12.7. The highest BCUT2D eigenvalue weighted by atomic mass is 35.5. The molecule has 27 heavy (non-hydrogen) atoms. The Morgan fingerprint density at radius 1 is 1.07 bits per heavy atom. The number of nitrogens with zero attached hydrogens (tertiary/aromatic N) is 3. The molecule has 142 valence electrons. The van der Waals surface area contributed by atoms with Crippen LogP contribution < -0.4 is 5.32 Å². The van der Waals surface area contributed by atoms with Crippen LogP contribution in [0.2, 0.25) is 0 Å². The minimum absolute atomic E-state index is 0. The van der Waals surface area contributed by atoms with Crippen LogP contribution in [0.1, 0.15) is 29.8 Å². The standard InChI is InChI=1S/C21H24N4O.ClH/c1-4-25(5-2)13-12-22-16-10-11-17-19-18(16)21(26)15-9-7-6-8-14(15)20(19)23-24(17)3;/h6-11,22H,4-5,12-13H2,1-3H3;1H. The second kappa shape index (κ2) is 7.71. The summed E-state index contributed by atoms with van der Waals surface area (Å²) < 4.78 is 1.86. The predicted octanol–water partition coefficient (Wildman–Crippen LogP) is 3.96. The van der Waals surface area contributed by atoms with Crippen molar-refractivity contribution in [3.63, 3.8) is 0 Å². The van der Waals surface area contributed by atoms with E-state index in [1.165, 1.54) is 0 Å². The molecule has 1 heterocycles. The average molecular weight is 385 g/mol. The Morgan fingerprint density at radius 3 is 2.48 bits per heavy atom. The predicted molar refractivity (Wildman–Crippen MR) is 113 cm³/mol. The lowest BCUT2D eigenvalue weighted by Crippen LogP contribution is -2.29. The van der Waals surface area contributed by atoms with E-state index in [-0.39, 0.29) is 18.2 Å². The number of ketones is 1. The lowest BCUT2D eigenvalue weighted by Gasteiger charge is -2.21. The van der Waals surface area contributed by atoms with Crippen LogP contribution in [-0.2, 0) is 7.05 Å². The molecule has 0 atom stereocenters. The smallest absolute Gasteiger partial charge is 0.196 e. The SMILES string of the molecule is CCN(CC)CCNc1ccc2c3c(nn2C)-c2ccccc2C(=O)c13.Cl. The van der Waals surface area contributed by atoms with Gasteiger partial charge in [0.05, 0.1) is 11.1 Å². The molecule has 6 heteroatoms. The first kappa shape index (κ1) is 19.4. The van der Waals surface area contributed by atoms with E-state index in [0.717, 1.165) is 65.2 Å². The van der Waals surface area contributed by atoms with Crippen LogP contribution in [0.4, 0.5) is 5.69 Å². The number of hydrogen-bond donors (Lipinski definition) is 1. The number of rotatable bonds is 6. The highest BCUT2D eigenvalue weighted by molar-refractivity contribution is 6.27. The van der Waals surface area contributed by atoms with Crippen molar-refractivity contribution in [1.29, 1.82) is 0 Å².